The van der Waals surface area contributed by atoms with Crippen molar-refractivity contribution in [2.24, 2.45) is 0 Å². The van der Waals surface area contributed by atoms with Crippen molar-refractivity contribution in [1.29, 1.82) is 0 Å². The lowest BCUT2D eigenvalue weighted by molar-refractivity contribution is 0.240. The number of aryl methyl sites for hydroxylation is 1. The Labute approximate surface area is 165 Å². The topological polar surface area (TPSA) is 64.6 Å². The van der Waals surface area contributed by atoms with E-state index in [1.54, 1.807) is 13.2 Å². The number of hydrogen-bond acceptors (Lipinski definition) is 4. The van der Waals surface area contributed by atoms with Crippen LogP contribution in [0.2, 0.25) is 0 Å². The first-order valence-corrected chi connectivity index (χ1v) is 10.8. The van der Waals surface area contributed by atoms with Crippen molar-refractivity contribution in [2.75, 3.05) is 18.1 Å². The number of methoxy groups -OCH3 is 1. The molecule has 0 fully saturated rings. The van der Waals surface area contributed by atoms with E-state index in [4.69, 9.17) is 9.47 Å². The first-order valence-electron chi connectivity index (χ1n) is 8.88. The van der Waals surface area contributed by atoms with Crippen LogP contribution in [0, 0.1) is 6.92 Å². The van der Waals surface area contributed by atoms with E-state index in [1.165, 1.54) is 0 Å². The standard InChI is InChI=1S/C22H21NO4S/c1-14-9-12-19(26-2)20-17-11-10-16(23-28(3,24)25)13-18(17)22(27-21(14)20)15-7-5-4-6-8-15/h4-13,22-23H,1-3H3. The summed E-state index contributed by atoms with van der Waals surface area (Å²) in [7, 11) is -1.75. The van der Waals surface area contributed by atoms with Gasteiger partial charge >= 0.3 is 0 Å². The largest absolute Gasteiger partial charge is 0.496 e. The molecule has 4 rings (SSSR count). The van der Waals surface area contributed by atoms with Gasteiger partial charge in [0.2, 0.25) is 10.0 Å². The molecule has 0 saturated heterocycles. The molecule has 0 bridgehead atoms. The molecule has 0 aliphatic carbocycles. The summed E-state index contributed by atoms with van der Waals surface area (Å²) in [4.78, 5) is 0. The predicted octanol–water partition coefficient (Wildman–Crippen LogP) is 4.52. The van der Waals surface area contributed by atoms with Crippen LogP contribution in [0.25, 0.3) is 11.1 Å². The molecule has 1 heterocycles. The zero-order valence-electron chi connectivity index (χ0n) is 15.9. The number of ether oxygens (including phenoxy) is 2. The van der Waals surface area contributed by atoms with Gasteiger partial charge < -0.3 is 9.47 Å². The molecular formula is C22H21NO4S. The molecule has 6 heteroatoms. The van der Waals surface area contributed by atoms with Gasteiger partial charge in [-0.25, -0.2) is 8.42 Å². The quantitative estimate of drug-likeness (QED) is 0.705. The van der Waals surface area contributed by atoms with E-state index in [9.17, 15) is 8.42 Å². The average Bonchev–Trinajstić information content (AvgIpc) is 2.67. The second-order valence-corrected chi connectivity index (χ2v) is 8.62. The van der Waals surface area contributed by atoms with E-state index in [2.05, 4.69) is 4.72 Å². The zero-order valence-corrected chi connectivity index (χ0v) is 16.7. The predicted molar refractivity (Wildman–Crippen MR) is 111 cm³/mol. The number of benzene rings is 3. The van der Waals surface area contributed by atoms with Gasteiger partial charge in [0.1, 0.15) is 17.6 Å². The molecule has 0 radical (unpaired) electrons. The van der Waals surface area contributed by atoms with Gasteiger partial charge in [-0.1, -0.05) is 42.5 Å². The fraction of sp³-hybridized carbons (Fsp3) is 0.182. The fourth-order valence-electron chi connectivity index (χ4n) is 3.59. The van der Waals surface area contributed by atoms with Gasteiger partial charge in [-0.3, -0.25) is 4.72 Å². The van der Waals surface area contributed by atoms with E-state index < -0.39 is 10.0 Å². The van der Waals surface area contributed by atoms with Crippen molar-refractivity contribution >= 4 is 15.7 Å². The van der Waals surface area contributed by atoms with Crippen LogP contribution < -0.4 is 14.2 Å². The number of fused-ring (bicyclic) bond motifs is 3. The molecule has 1 atom stereocenters. The Morgan fingerprint density at radius 3 is 2.46 bits per heavy atom. The molecule has 28 heavy (non-hydrogen) atoms. The summed E-state index contributed by atoms with van der Waals surface area (Å²) in [5.41, 5.74) is 5.25. The van der Waals surface area contributed by atoms with E-state index in [1.807, 2.05) is 61.5 Å². The number of nitrogens with one attached hydrogen (secondary N) is 1. The highest BCUT2D eigenvalue weighted by molar-refractivity contribution is 7.92. The molecule has 0 saturated carbocycles. The molecular weight excluding hydrogens is 374 g/mol. The summed E-state index contributed by atoms with van der Waals surface area (Å²) in [6, 6.07) is 19.3. The third-order valence-electron chi connectivity index (χ3n) is 4.78. The van der Waals surface area contributed by atoms with Gasteiger partial charge in [0.25, 0.3) is 0 Å². The zero-order chi connectivity index (χ0) is 19.9. The highest BCUT2D eigenvalue weighted by Gasteiger charge is 2.31. The number of rotatable bonds is 4. The maximum atomic E-state index is 11.7. The lowest BCUT2D eigenvalue weighted by atomic mass is 9.88. The van der Waals surface area contributed by atoms with Crippen LogP contribution in [-0.2, 0) is 10.0 Å². The molecule has 1 unspecified atom stereocenters. The minimum atomic E-state index is -3.38. The van der Waals surface area contributed by atoms with Crippen LogP contribution in [-0.4, -0.2) is 21.8 Å². The minimum Gasteiger partial charge on any atom is -0.496 e. The molecule has 3 aromatic rings. The highest BCUT2D eigenvalue weighted by Crippen LogP contribution is 2.50. The van der Waals surface area contributed by atoms with Crippen LogP contribution >= 0.6 is 0 Å². The Bertz CT molecular complexity index is 1140. The summed E-state index contributed by atoms with van der Waals surface area (Å²) in [5, 5.41) is 0. The van der Waals surface area contributed by atoms with Crippen molar-refractivity contribution in [3.63, 3.8) is 0 Å². The van der Waals surface area contributed by atoms with Crippen LogP contribution in [0.5, 0.6) is 11.5 Å². The molecule has 144 valence electrons. The summed E-state index contributed by atoms with van der Waals surface area (Å²) in [5.74, 6) is 1.50. The van der Waals surface area contributed by atoms with Gasteiger partial charge in [-0.2, -0.15) is 0 Å². The number of sulfonamides is 1. The average molecular weight is 395 g/mol. The Morgan fingerprint density at radius 1 is 1.04 bits per heavy atom. The highest BCUT2D eigenvalue weighted by atomic mass is 32.2. The van der Waals surface area contributed by atoms with Crippen molar-refractivity contribution in [3.05, 3.63) is 77.4 Å². The van der Waals surface area contributed by atoms with E-state index in [-0.39, 0.29) is 6.10 Å². The second-order valence-electron chi connectivity index (χ2n) is 6.87. The minimum absolute atomic E-state index is 0.351. The van der Waals surface area contributed by atoms with Crippen LogP contribution in [0.15, 0.2) is 60.7 Å². The van der Waals surface area contributed by atoms with E-state index in [0.717, 1.165) is 45.6 Å². The van der Waals surface area contributed by atoms with Crippen molar-refractivity contribution in [1.82, 2.24) is 0 Å². The molecule has 5 nitrogen and oxygen atoms in total. The first-order chi connectivity index (χ1) is 13.4. The van der Waals surface area contributed by atoms with E-state index >= 15 is 0 Å². The molecule has 3 aromatic carbocycles. The maximum Gasteiger partial charge on any atom is 0.229 e. The second kappa shape index (κ2) is 6.87. The van der Waals surface area contributed by atoms with Gasteiger partial charge in [-0.05, 0) is 41.8 Å². The first kappa shape index (κ1) is 18.4. The Morgan fingerprint density at radius 2 is 1.79 bits per heavy atom. The number of anilines is 1. The van der Waals surface area contributed by atoms with Gasteiger partial charge in [-0.15, -0.1) is 0 Å². The summed E-state index contributed by atoms with van der Waals surface area (Å²) in [6.45, 7) is 2.00. The maximum absolute atomic E-state index is 11.7. The van der Waals surface area contributed by atoms with Crippen molar-refractivity contribution in [3.8, 4) is 22.6 Å². The molecule has 0 amide bonds. The molecule has 1 N–H and O–H groups in total. The number of hydrogen-bond donors (Lipinski definition) is 1. The van der Waals surface area contributed by atoms with Crippen LogP contribution in [0.4, 0.5) is 5.69 Å². The molecule has 1 aliphatic heterocycles. The summed E-state index contributed by atoms with van der Waals surface area (Å²) in [6.07, 6.45) is 0.787. The van der Waals surface area contributed by atoms with Gasteiger partial charge in [0, 0.05) is 11.3 Å². The lowest BCUT2D eigenvalue weighted by Gasteiger charge is -2.31. The third-order valence-corrected chi connectivity index (χ3v) is 5.39. The van der Waals surface area contributed by atoms with Gasteiger partial charge in [0.15, 0.2) is 0 Å². The third kappa shape index (κ3) is 3.31. The van der Waals surface area contributed by atoms with E-state index in [0.29, 0.717) is 5.69 Å². The Hall–Kier alpha value is -2.99. The summed E-state index contributed by atoms with van der Waals surface area (Å²) < 4.78 is 38.0. The Balaban J connectivity index is 1.96. The Kier molecular flexibility index (Phi) is 4.51. The summed E-state index contributed by atoms with van der Waals surface area (Å²) >= 11 is 0. The molecule has 0 aromatic heterocycles. The van der Waals surface area contributed by atoms with Crippen LogP contribution in [0.1, 0.15) is 22.8 Å². The monoisotopic (exact) mass is 395 g/mol. The normalized spacial score (nSPS) is 15.2. The smallest absolute Gasteiger partial charge is 0.229 e. The SMILES string of the molecule is COc1ccc(C)c2c1-c1ccc(NS(C)(=O)=O)cc1C(c1ccccc1)O2. The van der Waals surface area contributed by atoms with Gasteiger partial charge in [0.05, 0.1) is 18.9 Å². The lowest BCUT2D eigenvalue weighted by Crippen LogP contribution is -2.18. The fourth-order valence-corrected chi connectivity index (χ4v) is 4.14. The van der Waals surface area contributed by atoms with Crippen molar-refractivity contribution < 1.29 is 17.9 Å². The molecule has 0 spiro atoms. The van der Waals surface area contributed by atoms with Crippen LogP contribution in [0.3, 0.4) is 0 Å². The molecule has 1 aliphatic rings. The van der Waals surface area contributed by atoms with Crippen molar-refractivity contribution in [2.45, 2.75) is 13.0 Å².